The molecule has 1 aliphatic rings. The Morgan fingerprint density at radius 3 is 2.83 bits per heavy atom. The van der Waals surface area contributed by atoms with Crippen LogP contribution in [0.3, 0.4) is 0 Å². The highest BCUT2D eigenvalue weighted by atomic mass is 16.6. The lowest BCUT2D eigenvalue weighted by molar-refractivity contribution is -0.0589. The highest BCUT2D eigenvalue weighted by Gasteiger charge is 2.44. The Kier molecular flexibility index (Phi) is 3.57. The number of aromatic nitrogens is 3. The summed E-state index contributed by atoms with van der Waals surface area (Å²) in [6, 6.07) is 0. The Labute approximate surface area is 102 Å². The highest BCUT2D eigenvalue weighted by Crippen LogP contribution is 2.28. The van der Waals surface area contributed by atoms with Crippen LogP contribution in [0.2, 0.25) is 0 Å². The van der Waals surface area contributed by atoms with Gasteiger partial charge in [-0.2, -0.15) is 0 Å². The third-order valence-corrected chi connectivity index (χ3v) is 2.65. The molecular formula is C9H13N3O6. The second-order valence-electron chi connectivity index (χ2n) is 3.77. The van der Waals surface area contributed by atoms with Gasteiger partial charge in [-0.3, -0.25) is 0 Å². The Morgan fingerprint density at radius 1 is 1.56 bits per heavy atom. The van der Waals surface area contributed by atoms with Crippen LogP contribution in [0.5, 0.6) is 0 Å². The van der Waals surface area contributed by atoms with Gasteiger partial charge in [0.15, 0.2) is 6.23 Å². The van der Waals surface area contributed by atoms with Gasteiger partial charge in [-0.25, -0.2) is 14.5 Å². The van der Waals surface area contributed by atoms with Gasteiger partial charge >= 0.3 is 5.97 Å². The number of methoxy groups -OCH3 is 1. The van der Waals surface area contributed by atoms with E-state index in [9.17, 15) is 15.0 Å². The van der Waals surface area contributed by atoms with E-state index in [4.69, 9.17) is 9.84 Å². The molecule has 2 rings (SSSR count). The van der Waals surface area contributed by atoms with Crippen molar-refractivity contribution >= 4 is 5.97 Å². The Bertz CT molecular complexity index is 436. The van der Waals surface area contributed by atoms with Crippen molar-refractivity contribution in [2.75, 3.05) is 13.7 Å². The molecule has 2 heterocycles. The summed E-state index contributed by atoms with van der Waals surface area (Å²) in [5.41, 5.74) is 0. The van der Waals surface area contributed by atoms with Crippen LogP contribution in [0.4, 0.5) is 0 Å². The second-order valence-corrected chi connectivity index (χ2v) is 3.77. The van der Waals surface area contributed by atoms with E-state index >= 15 is 0 Å². The number of hydrogen-bond donors (Lipinski definition) is 3. The number of aliphatic hydroxyl groups is 3. The van der Waals surface area contributed by atoms with Crippen molar-refractivity contribution in [1.82, 2.24) is 14.8 Å². The monoisotopic (exact) mass is 259 g/mol. The third-order valence-electron chi connectivity index (χ3n) is 2.65. The maximum Gasteiger partial charge on any atom is 0.377 e. The maximum absolute atomic E-state index is 11.2. The molecule has 0 spiro atoms. The van der Waals surface area contributed by atoms with Crippen molar-refractivity contribution in [3.63, 3.8) is 0 Å². The van der Waals surface area contributed by atoms with E-state index in [2.05, 4.69) is 14.8 Å². The van der Waals surface area contributed by atoms with Crippen molar-refractivity contribution in [2.45, 2.75) is 24.5 Å². The second kappa shape index (κ2) is 4.98. The summed E-state index contributed by atoms with van der Waals surface area (Å²) in [7, 11) is 1.19. The number of aliphatic hydroxyl groups excluding tert-OH is 3. The summed E-state index contributed by atoms with van der Waals surface area (Å²) < 4.78 is 10.7. The molecule has 1 aliphatic heterocycles. The number of carbonyl (C=O) groups is 1. The van der Waals surface area contributed by atoms with E-state index in [1.807, 2.05) is 0 Å². The Morgan fingerprint density at radius 2 is 2.28 bits per heavy atom. The maximum atomic E-state index is 11.2. The van der Waals surface area contributed by atoms with Gasteiger partial charge in [0.1, 0.15) is 24.6 Å². The average molecular weight is 259 g/mol. The lowest BCUT2D eigenvalue weighted by atomic mass is 10.1. The molecule has 0 aliphatic carbocycles. The summed E-state index contributed by atoms with van der Waals surface area (Å²) in [5, 5.41) is 32.0. The molecule has 0 radical (unpaired) electrons. The molecular weight excluding hydrogens is 246 g/mol. The Balaban J connectivity index is 2.17. The minimum atomic E-state index is -1.27. The summed E-state index contributed by atoms with van der Waals surface area (Å²) in [4.78, 5) is 14.8. The first kappa shape index (κ1) is 12.9. The van der Waals surface area contributed by atoms with Crippen molar-refractivity contribution in [3.05, 3.63) is 12.2 Å². The van der Waals surface area contributed by atoms with Crippen molar-refractivity contribution in [1.29, 1.82) is 0 Å². The summed E-state index contributed by atoms with van der Waals surface area (Å²) in [6.07, 6.45) is -3.24. The molecule has 0 bridgehead atoms. The Hall–Kier alpha value is -1.55. The molecule has 0 amide bonds. The van der Waals surface area contributed by atoms with E-state index < -0.39 is 37.1 Å². The van der Waals surface area contributed by atoms with E-state index in [0.717, 1.165) is 4.68 Å². The fraction of sp³-hybridized carbons (Fsp3) is 0.667. The largest absolute Gasteiger partial charge is 0.463 e. The third kappa shape index (κ3) is 2.08. The smallest absolute Gasteiger partial charge is 0.377 e. The lowest BCUT2D eigenvalue weighted by Crippen LogP contribution is -2.33. The average Bonchev–Trinajstić information content (AvgIpc) is 2.96. The van der Waals surface area contributed by atoms with Gasteiger partial charge in [0.25, 0.3) is 5.82 Å². The summed E-state index contributed by atoms with van der Waals surface area (Å²) >= 11 is 0. The highest BCUT2D eigenvalue weighted by molar-refractivity contribution is 5.84. The van der Waals surface area contributed by atoms with E-state index in [0.29, 0.717) is 0 Å². The zero-order valence-electron chi connectivity index (χ0n) is 9.50. The number of esters is 1. The SMILES string of the molecule is COC(=O)c1ncn([C@H]2O[C@@H](CO)[C@H](O)[C@@H]2O)n1. The molecule has 0 unspecified atom stereocenters. The van der Waals surface area contributed by atoms with Crippen molar-refractivity contribution in [2.24, 2.45) is 0 Å². The molecule has 9 nitrogen and oxygen atoms in total. The van der Waals surface area contributed by atoms with E-state index in [1.165, 1.54) is 13.4 Å². The van der Waals surface area contributed by atoms with Crippen LogP contribution in [0.25, 0.3) is 0 Å². The zero-order chi connectivity index (χ0) is 13.3. The van der Waals surface area contributed by atoms with Crippen LogP contribution in [-0.2, 0) is 9.47 Å². The van der Waals surface area contributed by atoms with Crippen LogP contribution < -0.4 is 0 Å². The van der Waals surface area contributed by atoms with Gasteiger partial charge in [0, 0.05) is 0 Å². The van der Waals surface area contributed by atoms with Crippen LogP contribution in [0, 0.1) is 0 Å². The predicted molar refractivity (Wildman–Crippen MR) is 54.4 cm³/mol. The van der Waals surface area contributed by atoms with E-state index in [1.54, 1.807) is 0 Å². The first-order valence-corrected chi connectivity index (χ1v) is 5.20. The molecule has 0 aromatic carbocycles. The molecule has 100 valence electrons. The quantitative estimate of drug-likeness (QED) is 0.516. The number of rotatable bonds is 3. The van der Waals surface area contributed by atoms with Crippen molar-refractivity contribution in [3.8, 4) is 0 Å². The topological polar surface area (TPSA) is 127 Å². The van der Waals surface area contributed by atoms with Gasteiger partial charge in [-0.1, -0.05) is 0 Å². The number of ether oxygens (including phenoxy) is 2. The molecule has 0 saturated carbocycles. The van der Waals surface area contributed by atoms with Gasteiger partial charge in [-0.05, 0) is 0 Å². The standard InChI is InChI=1S/C9H13N3O6/c1-17-9(16)7-10-3-12(11-7)8-6(15)5(14)4(2-13)18-8/h3-6,8,13-15H,2H2,1H3/t4-,5-,6-,8-/m0/s1. The van der Waals surface area contributed by atoms with Gasteiger partial charge in [-0.15, -0.1) is 5.10 Å². The molecule has 1 saturated heterocycles. The van der Waals surface area contributed by atoms with Crippen molar-refractivity contribution < 1.29 is 29.6 Å². The molecule has 18 heavy (non-hydrogen) atoms. The normalized spacial score (nSPS) is 31.6. The first-order chi connectivity index (χ1) is 8.58. The number of hydrogen-bond acceptors (Lipinski definition) is 8. The summed E-state index contributed by atoms with van der Waals surface area (Å²) in [5.74, 6) is -0.907. The van der Waals surface area contributed by atoms with Gasteiger partial charge in [0.2, 0.25) is 0 Å². The minimum Gasteiger partial charge on any atom is -0.463 e. The van der Waals surface area contributed by atoms with Gasteiger partial charge in [0.05, 0.1) is 13.7 Å². The first-order valence-electron chi connectivity index (χ1n) is 5.20. The number of nitrogens with zero attached hydrogens (tertiary/aromatic N) is 3. The molecule has 4 atom stereocenters. The van der Waals surface area contributed by atoms with Crippen LogP contribution in [0.1, 0.15) is 16.8 Å². The zero-order valence-corrected chi connectivity index (χ0v) is 9.50. The molecule has 9 heteroatoms. The molecule has 1 aromatic rings. The summed E-state index contributed by atoms with van der Waals surface area (Å²) in [6.45, 7) is -0.437. The predicted octanol–water partition coefficient (Wildman–Crippen LogP) is -2.32. The van der Waals surface area contributed by atoms with Crippen LogP contribution >= 0.6 is 0 Å². The fourth-order valence-electron chi connectivity index (χ4n) is 1.68. The van der Waals surface area contributed by atoms with E-state index in [-0.39, 0.29) is 5.82 Å². The molecule has 1 aromatic heterocycles. The molecule has 1 fully saturated rings. The molecule has 3 N–H and O–H groups in total. The van der Waals surface area contributed by atoms with Gasteiger partial charge < -0.3 is 24.8 Å². The number of carbonyl (C=O) groups excluding carboxylic acids is 1. The fourth-order valence-corrected chi connectivity index (χ4v) is 1.68. The van der Waals surface area contributed by atoms with Crippen LogP contribution in [-0.4, -0.2) is 68.1 Å². The van der Waals surface area contributed by atoms with Crippen LogP contribution in [0.15, 0.2) is 6.33 Å². The minimum absolute atomic E-state index is 0.185. The lowest BCUT2D eigenvalue weighted by Gasteiger charge is -2.13.